The number of ether oxygens (including phenoxy) is 3. The van der Waals surface area contributed by atoms with Gasteiger partial charge in [0.2, 0.25) is 6.29 Å². The van der Waals surface area contributed by atoms with Crippen molar-refractivity contribution < 1.29 is 24.1 Å². The van der Waals surface area contributed by atoms with Gasteiger partial charge >= 0.3 is 0 Å². The Bertz CT molecular complexity index is 627. The summed E-state index contributed by atoms with van der Waals surface area (Å²) in [5.41, 5.74) is 1.18. The second-order valence-corrected chi connectivity index (χ2v) is 8.17. The first-order valence-electron chi connectivity index (χ1n) is 10.2. The van der Waals surface area contributed by atoms with E-state index in [0.717, 1.165) is 12.8 Å². The van der Waals surface area contributed by atoms with Gasteiger partial charge < -0.3 is 24.2 Å². The number of aliphatic hydroxyl groups excluding tert-OH is 1. The largest absolute Gasteiger partial charge is 0.459 e. The fourth-order valence-electron chi connectivity index (χ4n) is 3.84. The lowest BCUT2D eigenvalue weighted by Crippen LogP contribution is -2.41. The van der Waals surface area contributed by atoms with E-state index in [1.807, 2.05) is 23.4 Å². The van der Waals surface area contributed by atoms with E-state index >= 15 is 0 Å². The fraction of sp³-hybridized carbons (Fsp3) is 0.667. The number of rotatable bonds is 9. The van der Waals surface area contributed by atoms with Crippen LogP contribution in [0.1, 0.15) is 50.0 Å². The Balaban J connectivity index is 1.65. The maximum Gasteiger partial charge on any atom is 0.288 e. The van der Waals surface area contributed by atoms with Gasteiger partial charge in [-0.1, -0.05) is 19.3 Å². The molecule has 0 unspecified atom stereocenters. The summed E-state index contributed by atoms with van der Waals surface area (Å²) in [6.07, 6.45) is 7.88. The number of allylic oxidation sites excluding steroid dienone is 1. The number of nitrogens with zero attached hydrogens (tertiary/aromatic N) is 1. The average Bonchev–Trinajstić information content (AvgIpc) is 3.28. The van der Waals surface area contributed by atoms with Crippen molar-refractivity contribution in [3.63, 3.8) is 0 Å². The van der Waals surface area contributed by atoms with Crippen LogP contribution in [0.25, 0.3) is 0 Å². The molecule has 1 N–H and O–H groups in total. The van der Waals surface area contributed by atoms with Gasteiger partial charge in [0, 0.05) is 25.4 Å². The summed E-state index contributed by atoms with van der Waals surface area (Å²) in [5, 5.41) is 12.9. The number of thiophene rings is 1. The van der Waals surface area contributed by atoms with Crippen LogP contribution in [0.5, 0.6) is 0 Å². The van der Waals surface area contributed by atoms with Gasteiger partial charge in [0.15, 0.2) is 5.76 Å². The topological polar surface area (TPSA) is 68.2 Å². The molecule has 3 rings (SSSR count). The van der Waals surface area contributed by atoms with Crippen molar-refractivity contribution in [1.82, 2.24) is 4.90 Å². The molecule has 0 spiro atoms. The van der Waals surface area contributed by atoms with Crippen LogP contribution in [0.2, 0.25) is 0 Å². The third kappa shape index (κ3) is 5.80. The first-order chi connectivity index (χ1) is 13.7. The molecular formula is C21H31NO5S. The van der Waals surface area contributed by atoms with Crippen LogP contribution in [0.4, 0.5) is 0 Å². The van der Waals surface area contributed by atoms with Crippen LogP contribution >= 0.6 is 11.3 Å². The number of likely N-dealkylation sites (N-methyl/N-ethyl adjacent to an activating group) is 1. The van der Waals surface area contributed by atoms with E-state index in [2.05, 4.69) is 11.4 Å². The number of aliphatic hydroxyl groups is 1. The van der Waals surface area contributed by atoms with E-state index in [1.165, 1.54) is 24.8 Å². The van der Waals surface area contributed by atoms with Crippen LogP contribution in [0, 0.1) is 0 Å². The molecule has 1 saturated carbocycles. The van der Waals surface area contributed by atoms with Crippen molar-refractivity contribution in [3.8, 4) is 0 Å². The van der Waals surface area contributed by atoms with E-state index in [1.54, 1.807) is 11.3 Å². The van der Waals surface area contributed by atoms with E-state index in [4.69, 9.17) is 19.3 Å². The fourth-order valence-corrected chi connectivity index (χ4v) is 4.57. The number of amides is 1. The van der Waals surface area contributed by atoms with Crippen molar-refractivity contribution >= 4 is 17.2 Å². The zero-order chi connectivity index (χ0) is 19.8. The molecule has 1 fully saturated rings. The summed E-state index contributed by atoms with van der Waals surface area (Å²) in [5.74, 6) is 0.427. The number of hydrogen-bond acceptors (Lipinski definition) is 6. The lowest BCUT2D eigenvalue weighted by atomic mass is 9.93. The standard InChI is InChI=1S/C21H31NO5S/c1-22(18-5-3-2-4-6-18)21(24)19-13-17(16-7-12-28-15-16)14-20(27-19)26-11-10-25-9-8-23/h7,12-13,15,17-18,20,23H,2-6,8-11,14H2,1H3/t17-,20+/m1/s1. The van der Waals surface area contributed by atoms with Crippen LogP contribution in [0.15, 0.2) is 28.7 Å². The van der Waals surface area contributed by atoms with Gasteiger partial charge in [0.1, 0.15) is 0 Å². The second kappa shape index (κ2) is 11.0. The molecule has 28 heavy (non-hydrogen) atoms. The molecule has 1 aliphatic carbocycles. The molecule has 7 heteroatoms. The number of carbonyl (C=O) groups excluding carboxylic acids is 1. The van der Waals surface area contributed by atoms with Crippen LogP contribution in [-0.4, -0.2) is 61.7 Å². The summed E-state index contributed by atoms with van der Waals surface area (Å²) >= 11 is 1.65. The van der Waals surface area contributed by atoms with Crippen LogP contribution in [0.3, 0.4) is 0 Å². The Morgan fingerprint density at radius 2 is 2.11 bits per heavy atom. The molecule has 2 atom stereocenters. The van der Waals surface area contributed by atoms with E-state index in [0.29, 0.717) is 38.0 Å². The molecular weight excluding hydrogens is 378 g/mol. The molecule has 0 aromatic carbocycles. The first-order valence-corrected chi connectivity index (χ1v) is 11.1. The van der Waals surface area contributed by atoms with Gasteiger partial charge in [0.25, 0.3) is 5.91 Å². The Morgan fingerprint density at radius 1 is 1.29 bits per heavy atom. The molecule has 1 amide bonds. The summed E-state index contributed by atoms with van der Waals surface area (Å²) in [4.78, 5) is 15.0. The molecule has 6 nitrogen and oxygen atoms in total. The molecule has 1 aliphatic heterocycles. The maximum atomic E-state index is 13.1. The Kier molecular flexibility index (Phi) is 8.33. The molecule has 156 valence electrons. The minimum atomic E-state index is -0.480. The highest BCUT2D eigenvalue weighted by Crippen LogP contribution is 2.33. The van der Waals surface area contributed by atoms with Crippen molar-refractivity contribution in [1.29, 1.82) is 0 Å². The predicted octanol–water partition coefficient (Wildman–Crippen LogP) is 3.28. The predicted molar refractivity (Wildman–Crippen MR) is 108 cm³/mol. The molecule has 0 bridgehead atoms. The summed E-state index contributed by atoms with van der Waals surface area (Å²) in [7, 11) is 1.88. The van der Waals surface area contributed by atoms with Gasteiger partial charge in [-0.05, 0) is 41.3 Å². The first kappa shape index (κ1) is 21.3. The summed E-state index contributed by atoms with van der Waals surface area (Å²) < 4.78 is 17.0. The second-order valence-electron chi connectivity index (χ2n) is 7.39. The van der Waals surface area contributed by atoms with E-state index in [-0.39, 0.29) is 18.4 Å². The number of hydrogen-bond donors (Lipinski definition) is 1. The highest BCUT2D eigenvalue weighted by atomic mass is 32.1. The van der Waals surface area contributed by atoms with Crippen LogP contribution in [-0.2, 0) is 19.0 Å². The van der Waals surface area contributed by atoms with Gasteiger partial charge in [-0.2, -0.15) is 11.3 Å². The zero-order valence-corrected chi connectivity index (χ0v) is 17.4. The normalized spacial score (nSPS) is 23.1. The molecule has 0 radical (unpaired) electrons. The maximum absolute atomic E-state index is 13.1. The number of carbonyl (C=O) groups is 1. The molecule has 1 aromatic rings. The van der Waals surface area contributed by atoms with Crippen molar-refractivity contribution in [3.05, 3.63) is 34.2 Å². The lowest BCUT2D eigenvalue weighted by molar-refractivity contribution is -0.157. The summed E-state index contributed by atoms with van der Waals surface area (Å²) in [6, 6.07) is 2.38. The summed E-state index contributed by atoms with van der Waals surface area (Å²) in [6.45, 7) is 1.04. The van der Waals surface area contributed by atoms with Gasteiger partial charge in [-0.25, -0.2) is 0 Å². The average molecular weight is 410 g/mol. The lowest BCUT2D eigenvalue weighted by Gasteiger charge is -2.34. The third-order valence-corrected chi connectivity index (χ3v) is 6.15. The molecule has 1 aromatic heterocycles. The Labute approximate surface area is 171 Å². The Morgan fingerprint density at radius 3 is 2.82 bits per heavy atom. The third-order valence-electron chi connectivity index (χ3n) is 5.45. The van der Waals surface area contributed by atoms with Crippen LogP contribution < -0.4 is 0 Å². The van der Waals surface area contributed by atoms with Crippen molar-refractivity contribution in [2.24, 2.45) is 0 Å². The minimum absolute atomic E-state index is 0.00491. The quantitative estimate of drug-likeness (QED) is 0.634. The van der Waals surface area contributed by atoms with Gasteiger partial charge in [-0.3, -0.25) is 4.79 Å². The highest BCUT2D eigenvalue weighted by Gasteiger charge is 2.32. The highest BCUT2D eigenvalue weighted by molar-refractivity contribution is 7.08. The van der Waals surface area contributed by atoms with Gasteiger partial charge in [0.05, 0.1) is 26.4 Å². The van der Waals surface area contributed by atoms with E-state index < -0.39 is 6.29 Å². The monoisotopic (exact) mass is 409 g/mol. The van der Waals surface area contributed by atoms with Crippen molar-refractivity contribution in [2.75, 3.05) is 33.5 Å². The SMILES string of the molecule is CN(C(=O)C1=C[C@@H](c2ccsc2)C[C@@H](OCCOCCO)O1)C1CCCCC1. The zero-order valence-electron chi connectivity index (χ0n) is 16.5. The minimum Gasteiger partial charge on any atom is -0.459 e. The molecule has 2 aliphatic rings. The molecule has 0 saturated heterocycles. The smallest absolute Gasteiger partial charge is 0.288 e. The van der Waals surface area contributed by atoms with Crippen molar-refractivity contribution in [2.45, 2.75) is 56.8 Å². The molecule has 2 heterocycles. The van der Waals surface area contributed by atoms with Gasteiger partial charge in [-0.15, -0.1) is 0 Å². The Hall–Kier alpha value is -1.41. The van der Waals surface area contributed by atoms with E-state index in [9.17, 15) is 4.79 Å².